The second-order valence-corrected chi connectivity index (χ2v) is 6.17. The summed E-state index contributed by atoms with van der Waals surface area (Å²) in [5.74, 6) is -1.89. The molecule has 0 saturated heterocycles. The van der Waals surface area contributed by atoms with E-state index in [9.17, 15) is 14.4 Å². The van der Waals surface area contributed by atoms with Gasteiger partial charge in [0.2, 0.25) is 0 Å². The standard InChI is InChI=1S/C12H20N2O4S/c1-7(8(2)10(16)17)9(15)14-11(18)13-6-12(3,4)19-5/h6H2,1-5H3,(H,16,17)(H2,13,14,15,18). The van der Waals surface area contributed by atoms with Gasteiger partial charge in [0.15, 0.2) is 0 Å². The van der Waals surface area contributed by atoms with Gasteiger partial charge in [-0.05, 0) is 34.0 Å². The lowest BCUT2D eigenvalue weighted by molar-refractivity contribution is -0.133. The van der Waals surface area contributed by atoms with Crippen LogP contribution in [0.25, 0.3) is 0 Å². The van der Waals surface area contributed by atoms with Gasteiger partial charge in [-0.2, -0.15) is 11.8 Å². The predicted molar refractivity (Wildman–Crippen MR) is 75.1 cm³/mol. The fraction of sp³-hybridized carbons (Fsp3) is 0.583. The van der Waals surface area contributed by atoms with E-state index in [4.69, 9.17) is 5.11 Å². The number of hydrogen-bond donors (Lipinski definition) is 3. The Labute approximate surface area is 117 Å². The van der Waals surface area contributed by atoms with Crippen molar-refractivity contribution in [1.82, 2.24) is 10.6 Å². The zero-order valence-electron chi connectivity index (χ0n) is 11.8. The van der Waals surface area contributed by atoms with Crippen molar-refractivity contribution in [1.29, 1.82) is 0 Å². The number of carboxylic acid groups (broad SMARTS) is 1. The molecule has 0 aromatic carbocycles. The number of amides is 3. The zero-order valence-corrected chi connectivity index (χ0v) is 12.6. The summed E-state index contributed by atoms with van der Waals surface area (Å²) in [5, 5.41) is 13.4. The topological polar surface area (TPSA) is 95.5 Å². The van der Waals surface area contributed by atoms with Crippen LogP contribution in [0, 0.1) is 0 Å². The zero-order chi connectivity index (χ0) is 15.2. The average molecular weight is 288 g/mol. The molecule has 0 bridgehead atoms. The van der Waals surface area contributed by atoms with E-state index in [1.807, 2.05) is 20.1 Å². The molecule has 0 atom stereocenters. The lowest BCUT2D eigenvalue weighted by atomic mass is 10.1. The highest BCUT2D eigenvalue weighted by atomic mass is 32.2. The van der Waals surface area contributed by atoms with Gasteiger partial charge in [0.25, 0.3) is 5.91 Å². The Hall–Kier alpha value is -1.50. The molecule has 0 unspecified atom stereocenters. The quantitative estimate of drug-likeness (QED) is 0.664. The second-order valence-electron chi connectivity index (χ2n) is 4.66. The minimum absolute atomic E-state index is 0.00627. The Bertz CT molecular complexity index is 416. The summed E-state index contributed by atoms with van der Waals surface area (Å²) >= 11 is 1.59. The van der Waals surface area contributed by atoms with Crippen LogP contribution >= 0.6 is 11.8 Å². The van der Waals surface area contributed by atoms with E-state index in [1.54, 1.807) is 11.8 Å². The van der Waals surface area contributed by atoms with E-state index in [0.717, 1.165) is 0 Å². The van der Waals surface area contributed by atoms with Crippen LogP contribution in [0.4, 0.5) is 4.79 Å². The van der Waals surface area contributed by atoms with Gasteiger partial charge >= 0.3 is 12.0 Å². The summed E-state index contributed by atoms with van der Waals surface area (Å²) in [7, 11) is 0. The largest absolute Gasteiger partial charge is 0.478 e. The van der Waals surface area contributed by atoms with Gasteiger partial charge < -0.3 is 10.4 Å². The molecule has 3 N–H and O–H groups in total. The number of rotatable bonds is 5. The summed E-state index contributed by atoms with van der Waals surface area (Å²) in [6.07, 6.45) is 1.92. The van der Waals surface area contributed by atoms with Gasteiger partial charge in [-0.25, -0.2) is 9.59 Å². The number of carbonyl (C=O) groups excluding carboxylic acids is 2. The van der Waals surface area contributed by atoms with Crippen molar-refractivity contribution in [2.75, 3.05) is 12.8 Å². The Morgan fingerprint density at radius 3 is 2.11 bits per heavy atom. The molecule has 0 aliphatic carbocycles. The summed E-state index contributed by atoms with van der Waals surface area (Å²) in [4.78, 5) is 33.8. The smallest absolute Gasteiger partial charge is 0.331 e. The fourth-order valence-corrected chi connectivity index (χ4v) is 1.15. The molecule has 3 amide bonds. The molecule has 0 aliphatic heterocycles. The van der Waals surface area contributed by atoms with Crippen LogP contribution in [0.15, 0.2) is 11.1 Å². The number of urea groups is 1. The van der Waals surface area contributed by atoms with Crippen molar-refractivity contribution < 1.29 is 19.5 Å². The first kappa shape index (κ1) is 17.5. The highest BCUT2D eigenvalue weighted by Crippen LogP contribution is 2.19. The maximum Gasteiger partial charge on any atom is 0.331 e. The first-order valence-corrected chi connectivity index (χ1v) is 6.88. The number of carbonyl (C=O) groups is 3. The maximum absolute atomic E-state index is 11.6. The molecular formula is C12H20N2O4S. The van der Waals surface area contributed by atoms with E-state index in [-0.39, 0.29) is 15.9 Å². The number of nitrogens with one attached hydrogen (secondary N) is 2. The maximum atomic E-state index is 11.6. The molecule has 6 nitrogen and oxygen atoms in total. The molecule has 0 saturated carbocycles. The fourth-order valence-electron chi connectivity index (χ4n) is 0.937. The van der Waals surface area contributed by atoms with E-state index in [2.05, 4.69) is 10.6 Å². The molecule has 0 aromatic rings. The minimum Gasteiger partial charge on any atom is -0.478 e. The highest BCUT2D eigenvalue weighted by Gasteiger charge is 2.19. The Kier molecular flexibility index (Phi) is 6.61. The van der Waals surface area contributed by atoms with Crippen LogP contribution < -0.4 is 10.6 Å². The lowest BCUT2D eigenvalue weighted by Crippen LogP contribution is -2.44. The normalized spacial score (nSPS) is 12.5. The van der Waals surface area contributed by atoms with Crippen molar-refractivity contribution in [3.8, 4) is 0 Å². The molecule has 0 radical (unpaired) electrons. The predicted octanol–water partition coefficient (Wildman–Crippen LogP) is 1.37. The average Bonchev–Trinajstić information content (AvgIpc) is 2.34. The molecule has 19 heavy (non-hydrogen) atoms. The van der Waals surface area contributed by atoms with Crippen molar-refractivity contribution >= 4 is 29.7 Å². The third kappa shape index (κ3) is 6.28. The Morgan fingerprint density at radius 2 is 1.68 bits per heavy atom. The molecule has 0 aliphatic rings. The van der Waals surface area contributed by atoms with E-state index < -0.39 is 17.9 Å². The van der Waals surface area contributed by atoms with Crippen LogP contribution in [-0.4, -0.2) is 40.6 Å². The Morgan fingerprint density at radius 1 is 1.16 bits per heavy atom. The van der Waals surface area contributed by atoms with E-state index >= 15 is 0 Å². The van der Waals surface area contributed by atoms with Gasteiger partial charge in [0, 0.05) is 22.4 Å². The second kappa shape index (κ2) is 7.18. The summed E-state index contributed by atoms with van der Waals surface area (Å²) in [6, 6.07) is -0.635. The summed E-state index contributed by atoms with van der Waals surface area (Å²) in [6.45, 7) is 6.98. The van der Waals surface area contributed by atoms with Crippen molar-refractivity contribution in [3.63, 3.8) is 0 Å². The number of carboxylic acids is 1. The first-order valence-electron chi connectivity index (χ1n) is 5.66. The van der Waals surface area contributed by atoms with Crippen LogP contribution in [0.3, 0.4) is 0 Å². The number of hydrogen-bond acceptors (Lipinski definition) is 4. The SMILES string of the molecule is CSC(C)(C)CNC(=O)NC(=O)C(C)=C(C)C(=O)O. The molecule has 0 heterocycles. The summed E-state index contributed by atoms with van der Waals surface area (Å²) < 4.78 is -0.137. The molecule has 0 fully saturated rings. The molecule has 7 heteroatoms. The van der Waals surface area contributed by atoms with Crippen molar-refractivity contribution in [3.05, 3.63) is 11.1 Å². The third-order valence-corrected chi connectivity index (χ3v) is 3.93. The van der Waals surface area contributed by atoms with Gasteiger partial charge in [0.05, 0.1) is 0 Å². The van der Waals surface area contributed by atoms with Crippen molar-refractivity contribution in [2.45, 2.75) is 32.4 Å². The van der Waals surface area contributed by atoms with E-state index in [1.165, 1.54) is 13.8 Å². The Balaban J connectivity index is 4.48. The van der Waals surface area contributed by atoms with Crippen LogP contribution in [0.1, 0.15) is 27.7 Å². The first-order chi connectivity index (χ1) is 8.60. The van der Waals surface area contributed by atoms with Gasteiger partial charge in [-0.3, -0.25) is 10.1 Å². The van der Waals surface area contributed by atoms with Gasteiger partial charge in [0.1, 0.15) is 0 Å². The van der Waals surface area contributed by atoms with E-state index in [0.29, 0.717) is 6.54 Å². The number of imide groups is 1. The van der Waals surface area contributed by atoms with Crippen LogP contribution in [-0.2, 0) is 9.59 Å². The molecular weight excluding hydrogens is 268 g/mol. The summed E-state index contributed by atoms with van der Waals surface area (Å²) in [5.41, 5.74) is -0.0819. The van der Waals surface area contributed by atoms with Gasteiger partial charge in [-0.15, -0.1) is 0 Å². The van der Waals surface area contributed by atoms with Crippen LogP contribution in [0.2, 0.25) is 0 Å². The molecule has 0 spiro atoms. The molecule has 0 rings (SSSR count). The number of thioether (sulfide) groups is 1. The highest BCUT2D eigenvalue weighted by molar-refractivity contribution is 7.99. The van der Waals surface area contributed by atoms with Crippen LogP contribution in [0.5, 0.6) is 0 Å². The molecule has 0 aromatic heterocycles. The third-order valence-electron chi connectivity index (χ3n) is 2.68. The lowest BCUT2D eigenvalue weighted by Gasteiger charge is -2.22. The number of aliphatic carboxylic acids is 1. The molecule has 108 valence electrons. The van der Waals surface area contributed by atoms with Gasteiger partial charge in [-0.1, -0.05) is 0 Å². The monoisotopic (exact) mass is 288 g/mol. The van der Waals surface area contributed by atoms with Crippen molar-refractivity contribution in [2.24, 2.45) is 0 Å². The minimum atomic E-state index is -1.18.